The third-order valence-electron chi connectivity index (χ3n) is 4.81. The maximum atomic E-state index is 13.6. The van der Waals surface area contributed by atoms with E-state index in [-0.39, 0.29) is 22.4 Å². The summed E-state index contributed by atoms with van der Waals surface area (Å²) in [6, 6.07) is 5.76. The zero-order chi connectivity index (χ0) is 23.4. The summed E-state index contributed by atoms with van der Waals surface area (Å²) in [6.07, 6.45) is -0.0664. The standard InChI is InChI=1S/C20H17F3N6O2S2/c21-20(22,23)14-9-15(16-5-4-8-32-16)25-19(13(14)10-24)33-12-17(30)26-18-11-29(27-31-18)28-6-2-1-3-7-28/h4-5,8-9,11H,1-3,6-7,12H2. The maximum absolute atomic E-state index is 13.6. The molecule has 0 aromatic carbocycles. The first-order chi connectivity index (χ1) is 15.8. The maximum Gasteiger partial charge on any atom is 0.417 e. The molecule has 0 radical (unpaired) electrons. The van der Waals surface area contributed by atoms with Gasteiger partial charge in [-0.1, -0.05) is 17.8 Å². The third-order valence-corrected chi connectivity index (χ3v) is 6.66. The van der Waals surface area contributed by atoms with Gasteiger partial charge in [0, 0.05) is 5.75 Å². The first-order valence-electron chi connectivity index (χ1n) is 9.92. The Kier molecular flexibility index (Phi) is 6.85. The predicted molar refractivity (Wildman–Crippen MR) is 114 cm³/mol. The number of aromatic nitrogens is 3. The van der Waals surface area contributed by atoms with Gasteiger partial charge < -0.3 is 5.11 Å². The topological polar surface area (TPSA) is 105 Å². The average Bonchev–Trinajstić information content (AvgIpc) is 3.49. The zero-order valence-electron chi connectivity index (χ0n) is 17.1. The molecule has 0 saturated carbocycles. The van der Waals surface area contributed by atoms with Gasteiger partial charge in [-0.15, -0.1) is 11.3 Å². The largest absolute Gasteiger partial charge is 0.861 e. The Morgan fingerprint density at radius 3 is 2.82 bits per heavy atom. The van der Waals surface area contributed by atoms with Crippen molar-refractivity contribution in [2.45, 2.75) is 30.5 Å². The summed E-state index contributed by atoms with van der Waals surface area (Å²) in [5.74, 6) is -0.984. The molecule has 0 bridgehead atoms. The molecule has 4 rings (SSSR count). The van der Waals surface area contributed by atoms with Crippen LogP contribution in [0.15, 0.2) is 44.3 Å². The van der Waals surface area contributed by atoms with Crippen LogP contribution in [0, 0.1) is 11.3 Å². The van der Waals surface area contributed by atoms with Crippen molar-refractivity contribution in [3.8, 4) is 16.6 Å². The molecule has 0 unspecified atom stereocenters. The predicted octanol–water partition coefficient (Wildman–Crippen LogP) is 3.28. The van der Waals surface area contributed by atoms with Gasteiger partial charge in [-0.25, -0.2) is 9.98 Å². The molecule has 1 saturated heterocycles. The van der Waals surface area contributed by atoms with Crippen molar-refractivity contribution in [1.82, 2.24) is 10.3 Å². The minimum atomic E-state index is -4.74. The van der Waals surface area contributed by atoms with Crippen molar-refractivity contribution in [2.75, 3.05) is 23.9 Å². The highest BCUT2D eigenvalue weighted by molar-refractivity contribution is 7.99. The van der Waals surface area contributed by atoms with E-state index in [9.17, 15) is 23.5 Å². The number of aliphatic imine (C=N–C) groups is 1. The fourth-order valence-electron chi connectivity index (χ4n) is 3.29. The van der Waals surface area contributed by atoms with E-state index in [1.165, 1.54) is 22.3 Å². The number of thiophene rings is 1. The summed E-state index contributed by atoms with van der Waals surface area (Å²) in [7, 11) is 0. The van der Waals surface area contributed by atoms with Crippen molar-refractivity contribution in [3.63, 3.8) is 0 Å². The summed E-state index contributed by atoms with van der Waals surface area (Å²) in [4.78, 5) is 10.1. The molecule has 1 aliphatic heterocycles. The number of alkyl halides is 3. The van der Waals surface area contributed by atoms with Gasteiger partial charge in [0.15, 0.2) is 0 Å². The second-order valence-electron chi connectivity index (χ2n) is 7.09. The second kappa shape index (κ2) is 9.80. The highest BCUT2D eigenvalue weighted by atomic mass is 32.2. The van der Waals surface area contributed by atoms with Gasteiger partial charge in [0.05, 0.1) is 39.6 Å². The SMILES string of the molecule is N#Cc1c(C(F)(F)F)cc(-c2cccs2)nc1SC/C([O-])=N/c1c[n+](N2CCCCC2)no1. The molecule has 4 heterocycles. The van der Waals surface area contributed by atoms with Crippen LogP contribution in [-0.2, 0) is 6.18 Å². The normalized spacial score (nSPS) is 15.0. The Hall–Kier alpha value is -3.11. The monoisotopic (exact) mass is 494 g/mol. The van der Waals surface area contributed by atoms with E-state index in [2.05, 4.69) is 15.2 Å². The summed E-state index contributed by atoms with van der Waals surface area (Å²) < 4.78 is 45.8. The van der Waals surface area contributed by atoms with Crippen LogP contribution in [0.2, 0.25) is 0 Å². The molecule has 3 aromatic rings. The van der Waals surface area contributed by atoms with Gasteiger partial charge in [-0.3, -0.25) is 4.52 Å². The van der Waals surface area contributed by atoms with Crippen molar-refractivity contribution >= 4 is 34.9 Å². The summed E-state index contributed by atoms with van der Waals surface area (Å²) in [5, 5.41) is 29.1. The minimum Gasteiger partial charge on any atom is -0.861 e. The lowest BCUT2D eigenvalue weighted by Crippen LogP contribution is -2.60. The van der Waals surface area contributed by atoms with E-state index in [0.29, 0.717) is 4.88 Å². The molecule has 13 heteroatoms. The Bertz CT molecular complexity index is 1180. The van der Waals surface area contributed by atoms with Gasteiger partial charge >= 0.3 is 12.1 Å². The summed E-state index contributed by atoms with van der Waals surface area (Å²) >= 11 is 1.95. The summed E-state index contributed by atoms with van der Waals surface area (Å²) in [6.45, 7) is 1.62. The van der Waals surface area contributed by atoms with Crippen LogP contribution in [0.3, 0.4) is 0 Å². The molecule has 8 nitrogen and oxygen atoms in total. The lowest BCUT2D eigenvalue weighted by atomic mass is 10.1. The fourth-order valence-corrected chi connectivity index (χ4v) is 4.76. The number of hydrogen-bond acceptors (Lipinski definition) is 9. The zero-order valence-corrected chi connectivity index (χ0v) is 18.7. The van der Waals surface area contributed by atoms with Gasteiger partial charge in [-0.05, 0) is 42.7 Å². The lowest BCUT2D eigenvalue weighted by molar-refractivity contribution is -0.759. The van der Waals surface area contributed by atoms with E-state index in [1.807, 2.05) is 5.01 Å². The summed E-state index contributed by atoms with van der Waals surface area (Å²) in [5.41, 5.74) is -1.63. The Morgan fingerprint density at radius 1 is 1.36 bits per heavy atom. The van der Waals surface area contributed by atoms with Crippen molar-refractivity contribution < 1.29 is 27.6 Å². The van der Waals surface area contributed by atoms with Crippen LogP contribution in [0.4, 0.5) is 19.1 Å². The van der Waals surface area contributed by atoms with Crippen LogP contribution >= 0.6 is 23.1 Å². The molecule has 1 aliphatic rings. The minimum absolute atomic E-state index is 0.0112. The molecule has 0 N–H and O–H groups in total. The smallest absolute Gasteiger partial charge is 0.417 e. The van der Waals surface area contributed by atoms with Crippen LogP contribution in [0.1, 0.15) is 30.4 Å². The van der Waals surface area contributed by atoms with Crippen LogP contribution < -0.4 is 14.9 Å². The average molecular weight is 495 g/mol. The van der Waals surface area contributed by atoms with E-state index < -0.39 is 23.2 Å². The van der Waals surface area contributed by atoms with Crippen molar-refractivity contribution in [3.05, 3.63) is 40.9 Å². The number of rotatable bonds is 6. The van der Waals surface area contributed by atoms with E-state index in [1.54, 1.807) is 23.6 Å². The first-order valence-corrected chi connectivity index (χ1v) is 11.8. The Balaban J connectivity index is 1.55. The van der Waals surface area contributed by atoms with Crippen LogP contribution in [0.5, 0.6) is 0 Å². The highest BCUT2D eigenvalue weighted by Crippen LogP contribution is 2.38. The highest BCUT2D eigenvalue weighted by Gasteiger charge is 2.36. The van der Waals surface area contributed by atoms with Crippen LogP contribution in [0.25, 0.3) is 10.6 Å². The molecule has 0 aliphatic carbocycles. The number of thioether (sulfide) groups is 1. The molecule has 172 valence electrons. The molecular formula is C20H17F3N6O2S2. The lowest BCUT2D eigenvalue weighted by Gasteiger charge is -2.17. The quantitative estimate of drug-likeness (QED) is 0.224. The Morgan fingerprint density at radius 2 is 2.15 bits per heavy atom. The number of nitriles is 1. The van der Waals surface area contributed by atoms with Gasteiger partial charge in [0.1, 0.15) is 11.1 Å². The van der Waals surface area contributed by atoms with Crippen molar-refractivity contribution in [1.29, 1.82) is 5.26 Å². The fraction of sp³-hybridized carbons (Fsp3) is 0.350. The van der Waals surface area contributed by atoms with E-state index in [4.69, 9.17) is 4.52 Å². The number of piperidine rings is 1. The van der Waals surface area contributed by atoms with E-state index in [0.717, 1.165) is 50.2 Å². The Labute approximate surface area is 194 Å². The molecule has 33 heavy (non-hydrogen) atoms. The molecule has 0 atom stereocenters. The van der Waals surface area contributed by atoms with Gasteiger partial charge in [0.2, 0.25) is 5.27 Å². The number of halogens is 3. The number of hydrogen-bond donors (Lipinski definition) is 0. The molecule has 1 fully saturated rings. The molecule has 3 aromatic heterocycles. The third kappa shape index (κ3) is 5.45. The molecular weight excluding hydrogens is 477 g/mol. The van der Waals surface area contributed by atoms with Gasteiger partial charge in [0.25, 0.3) is 6.20 Å². The number of pyridine rings is 1. The molecule has 0 amide bonds. The molecule has 0 spiro atoms. The van der Waals surface area contributed by atoms with E-state index >= 15 is 0 Å². The van der Waals surface area contributed by atoms with Crippen molar-refractivity contribution in [2.24, 2.45) is 4.99 Å². The first kappa shape index (κ1) is 23.1. The van der Waals surface area contributed by atoms with Crippen LogP contribution in [-0.4, -0.2) is 35.0 Å². The van der Waals surface area contributed by atoms with Gasteiger partial charge in [-0.2, -0.15) is 23.4 Å². The second-order valence-corrected chi connectivity index (χ2v) is 9.00. The number of nitrogens with zero attached hydrogens (tertiary/aromatic N) is 6.